The second kappa shape index (κ2) is 8.14. The van der Waals surface area contributed by atoms with Crippen LogP contribution in [-0.4, -0.2) is 18.0 Å². The van der Waals surface area contributed by atoms with Crippen molar-refractivity contribution in [2.24, 2.45) is 0 Å². The van der Waals surface area contributed by atoms with Crippen LogP contribution in [0.1, 0.15) is 22.9 Å². The molecule has 1 atom stereocenters. The molecule has 0 aliphatic heterocycles. The van der Waals surface area contributed by atoms with Crippen LogP contribution in [-0.2, 0) is 11.2 Å². The first kappa shape index (κ1) is 17.5. The Morgan fingerprint density at radius 3 is 2.72 bits per heavy atom. The molecule has 0 radical (unpaired) electrons. The molecule has 0 unspecified atom stereocenters. The van der Waals surface area contributed by atoms with Crippen LogP contribution >= 0.6 is 22.9 Å². The third-order valence-corrected chi connectivity index (χ3v) is 4.74. The monoisotopic (exact) mass is 372 g/mol. The molecule has 2 heterocycles. The smallest absolute Gasteiger partial charge is 0.226 e. The van der Waals surface area contributed by atoms with Gasteiger partial charge in [-0.25, -0.2) is 0 Å². The Labute approximate surface area is 155 Å². The summed E-state index contributed by atoms with van der Waals surface area (Å²) in [6.07, 6.45) is 1.80. The Balaban J connectivity index is 1.80. The van der Waals surface area contributed by atoms with Crippen LogP contribution in [0.25, 0.3) is 0 Å². The minimum Gasteiger partial charge on any atom is -0.495 e. The second-order valence-electron chi connectivity index (χ2n) is 5.44. The number of benzene rings is 1. The highest BCUT2D eigenvalue weighted by Gasteiger charge is 2.19. The van der Waals surface area contributed by atoms with Gasteiger partial charge in [0.15, 0.2) is 0 Å². The van der Waals surface area contributed by atoms with E-state index in [2.05, 4.69) is 10.3 Å². The zero-order valence-corrected chi connectivity index (χ0v) is 15.2. The minimum atomic E-state index is -0.231. The Bertz CT molecular complexity index is 835. The fourth-order valence-corrected chi connectivity index (χ4v) is 3.37. The number of amides is 1. The molecule has 2 aromatic heterocycles. The molecule has 0 saturated heterocycles. The molecule has 25 heavy (non-hydrogen) atoms. The predicted octanol–water partition coefficient (Wildman–Crippen LogP) is 4.25. The predicted molar refractivity (Wildman–Crippen MR) is 100 cm³/mol. The number of methoxy groups -OCH3 is 1. The van der Waals surface area contributed by atoms with Crippen LogP contribution in [0.15, 0.2) is 59.4 Å². The molecule has 1 N–H and O–H groups in total. The number of nitrogens with one attached hydrogen (secondary N) is 1. The summed E-state index contributed by atoms with van der Waals surface area (Å²) < 4.78 is 5.27. The zero-order chi connectivity index (χ0) is 17.6. The third-order valence-electron chi connectivity index (χ3n) is 3.78. The summed E-state index contributed by atoms with van der Waals surface area (Å²) in [4.78, 5) is 16.8. The number of nitrogens with zero attached hydrogens (tertiary/aromatic N) is 1. The maximum absolute atomic E-state index is 12.6. The summed E-state index contributed by atoms with van der Waals surface area (Å²) in [6.45, 7) is 0. The zero-order valence-electron chi connectivity index (χ0n) is 13.6. The molecular formula is C19H17ClN2O2S. The topological polar surface area (TPSA) is 51.2 Å². The number of aromatic nitrogens is 1. The first-order valence-corrected chi connectivity index (χ1v) is 9.04. The Hall–Kier alpha value is -2.37. The van der Waals surface area contributed by atoms with Crippen molar-refractivity contribution in [3.63, 3.8) is 0 Å². The van der Waals surface area contributed by atoms with Crippen molar-refractivity contribution in [3.05, 3.63) is 81.3 Å². The number of carbonyl (C=O) groups excluding carboxylic acids is 1. The molecule has 4 nitrogen and oxygen atoms in total. The van der Waals surface area contributed by atoms with Crippen LogP contribution in [0.2, 0.25) is 5.02 Å². The molecule has 1 aromatic carbocycles. The van der Waals surface area contributed by atoms with Gasteiger partial charge in [-0.05, 0) is 52.2 Å². The van der Waals surface area contributed by atoms with Gasteiger partial charge in [0.1, 0.15) is 5.75 Å². The van der Waals surface area contributed by atoms with E-state index < -0.39 is 0 Å². The lowest BCUT2D eigenvalue weighted by Gasteiger charge is -2.19. The average Bonchev–Trinajstić information content (AvgIpc) is 3.15. The van der Waals surface area contributed by atoms with Crippen molar-refractivity contribution in [1.82, 2.24) is 10.3 Å². The second-order valence-corrected chi connectivity index (χ2v) is 6.65. The summed E-state index contributed by atoms with van der Waals surface area (Å²) in [6, 6.07) is 12.8. The summed E-state index contributed by atoms with van der Waals surface area (Å²) in [5.41, 5.74) is 2.63. The van der Waals surface area contributed by atoms with Gasteiger partial charge in [-0.1, -0.05) is 23.7 Å². The summed E-state index contributed by atoms with van der Waals surface area (Å²) >= 11 is 7.57. The average molecular weight is 373 g/mol. The lowest BCUT2D eigenvalue weighted by molar-refractivity contribution is -0.121. The highest BCUT2D eigenvalue weighted by atomic mass is 35.5. The molecule has 1 amide bonds. The van der Waals surface area contributed by atoms with E-state index in [1.165, 1.54) is 0 Å². The van der Waals surface area contributed by atoms with E-state index in [9.17, 15) is 4.79 Å². The molecule has 0 saturated carbocycles. The van der Waals surface area contributed by atoms with Crippen molar-refractivity contribution in [1.29, 1.82) is 0 Å². The van der Waals surface area contributed by atoms with Crippen molar-refractivity contribution < 1.29 is 9.53 Å². The quantitative estimate of drug-likeness (QED) is 0.703. The van der Waals surface area contributed by atoms with Crippen molar-refractivity contribution in [2.75, 3.05) is 7.11 Å². The Kier molecular flexibility index (Phi) is 5.68. The number of carbonyl (C=O) groups is 1. The number of ether oxygens (including phenoxy) is 1. The van der Waals surface area contributed by atoms with E-state index in [1.807, 2.05) is 41.1 Å². The van der Waals surface area contributed by atoms with E-state index in [0.717, 1.165) is 11.1 Å². The Morgan fingerprint density at radius 2 is 2.04 bits per heavy atom. The first-order chi connectivity index (χ1) is 12.2. The van der Waals surface area contributed by atoms with Crippen molar-refractivity contribution in [3.8, 4) is 5.75 Å². The van der Waals surface area contributed by atoms with Crippen LogP contribution in [0.3, 0.4) is 0 Å². The molecule has 0 spiro atoms. The van der Waals surface area contributed by atoms with E-state index in [4.69, 9.17) is 16.3 Å². The molecule has 0 aliphatic carbocycles. The Morgan fingerprint density at radius 1 is 1.24 bits per heavy atom. The van der Waals surface area contributed by atoms with E-state index in [-0.39, 0.29) is 18.4 Å². The molecule has 3 aromatic rings. The maximum atomic E-state index is 12.6. The number of hydrogen-bond acceptors (Lipinski definition) is 4. The number of rotatable bonds is 6. The van der Waals surface area contributed by atoms with Gasteiger partial charge in [0, 0.05) is 11.2 Å². The fourth-order valence-electron chi connectivity index (χ4n) is 2.56. The lowest BCUT2D eigenvalue weighted by Crippen LogP contribution is -2.30. The van der Waals surface area contributed by atoms with E-state index in [1.54, 1.807) is 36.8 Å². The van der Waals surface area contributed by atoms with E-state index in [0.29, 0.717) is 16.5 Å². The molecular weight excluding hydrogens is 356 g/mol. The van der Waals surface area contributed by atoms with Crippen LogP contribution in [0.4, 0.5) is 0 Å². The van der Waals surface area contributed by atoms with Gasteiger partial charge >= 0.3 is 0 Å². The lowest BCUT2D eigenvalue weighted by atomic mass is 10.0. The van der Waals surface area contributed by atoms with Crippen molar-refractivity contribution >= 4 is 28.8 Å². The van der Waals surface area contributed by atoms with Gasteiger partial charge in [0.25, 0.3) is 0 Å². The third kappa shape index (κ3) is 4.38. The largest absolute Gasteiger partial charge is 0.495 e. The number of thiophene rings is 1. The molecule has 128 valence electrons. The number of hydrogen-bond donors (Lipinski definition) is 1. The maximum Gasteiger partial charge on any atom is 0.226 e. The molecule has 3 rings (SSSR count). The summed E-state index contributed by atoms with van der Waals surface area (Å²) in [7, 11) is 1.57. The summed E-state index contributed by atoms with van der Waals surface area (Å²) in [5, 5.41) is 7.77. The number of pyridine rings is 1. The van der Waals surface area contributed by atoms with Gasteiger partial charge < -0.3 is 10.1 Å². The molecule has 6 heteroatoms. The molecule has 0 bridgehead atoms. The fraction of sp³-hybridized carbons (Fsp3) is 0.158. The van der Waals surface area contributed by atoms with Gasteiger partial charge in [-0.3, -0.25) is 9.78 Å². The highest BCUT2D eigenvalue weighted by molar-refractivity contribution is 7.08. The van der Waals surface area contributed by atoms with Crippen molar-refractivity contribution in [2.45, 2.75) is 12.5 Å². The van der Waals surface area contributed by atoms with E-state index >= 15 is 0 Å². The SMILES string of the molecule is COc1cccnc1CC(=O)N[C@H](c1ccc(Cl)cc1)c1ccsc1. The molecule has 0 fully saturated rings. The van der Waals surface area contributed by atoms with Crippen LogP contribution < -0.4 is 10.1 Å². The van der Waals surface area contributed by atoms with Gasteiger partial charge in [-0.2, -0.15) is 11.3 Å². The summed E-state index contributed by atoms with van der Waals surface area (Å²) in [5.74, 6) is 0.486. The highest BCUT2D eigenvalue weighted by Crippen LogP contribution is 2.26. The van der Waals surface area contributed by atoms with Crippen LogP contribution in [0, 0.1) is 0 Å². The number of halogens is 1. The first-order valence-electron chi connectivity index (χ1n) is 7.72. The standard InChI is InChI=1S/C19H17ClN2O2S/c1-24-17-3-2-9-21-16(17)11-18(23)22-19(14-8-10-25-12-14)13-4-6-15(20)7-5-13/h2-10,12,19H,11H2,1H3,(H,22,23)/t19-/m1/s1. The minimum absolute atomic E-state index is 0.122. The van der Waals surface area contributed by atoms with Gasteiger partial charge in [0.05, 0.1) is 25.3 Å². The molecule has 0 aliphatic rings. The van der Waals surface area contributed by atoms with Gasteiger partial charge in [-0.15, -0.1) is 0 Å². The van der Waals surface area contributed by atoms with Gasteiger partial charge in [0.2, 0.25) is 5.91 Å². The van der Waals surface area contributed by atoms with Crippen LogP contribution in [0.5, 0.6) is 5.75 Å². The normalized spacial score (nSPS) is 11.8.